The van der Waals surface area contributed by atoms with Gasteiger partial charge < -0.3 is 15.4 Å². The van der Waals surface area contributed by atoms with Crippen molar-refractivity contribution < 1.29 is 13.9 Å². The monoisotopic (exact) mass is 266 g/mol. The Morgan fingerprint density at radius 2 is 2.21 bits per heavy atom. The lowest BCUT2D eigenvalue weighted by Crippen LogP contribution is -2.50. The van der Waals surface area contributed by atoms with E-state index < -0.39 is 6.10 Å². The maximum absolute atomic E-state index is 13.4. The number of anilines is 1. The molecule has 2 N–H and O–H groups in total. The molecular formula is C14H19FN2O2. The highest BCUT2D eigenvalue weighted by atomic mass is 19.1. The highest BCUT2D eigenvalue weighted by Crippen LogP contribution is 2.35. The minimum absolute atomic E-state index is 0.129. The molecule has 0 aliphatic carbocycles. The Labute approximate surface area is 112 Å². The average Bonchev–Trinajstić information content (AvgIpc) is 2.41. The SMILES string of the molecule is CCC(N)CN1C(=O)C(CC)Oc2ccc(F)cc21. The maximum atomic E-state index is 13.4. The first kappa shape index (κ1) is 13.8. The second-order valence-electron chi connectivity index (χ2n) is 4.74. The van der Waals surface area contributed by atoms with Crippen LogP contribution in [0.1, 0.15) is 26.7 Å². The zero-order valence-corrected chi connectivity index (χ0v) is 11.2. The van der Waals surface area contributed by atoms with Gasteiger partial charge in [0.25, 0.3) is 5.91 Å². The third-order valence-corrected chi connectivity index (χ3v) is 3.33. The Kier molecular flexibility index (Phi) is 4.04. The van der Waals surface area contributed by atoms with E-state index in [1.54, 1.807) is 11.0 Å². The summed E-state index contributed by atoms with van der Waals surface area (Å²) in [7, 11) is 0. The van der Waals surface area contributed by atoms with Gasteiger partial charge in [-0.15, -0.1) is 0 Å². The smallest absolute Gasteiger partial charge is 0.268 e. The largest absolute Gasteiger partial charge is 0.478 e. The Bertz CT molecular complexity index is 479. The number of rotatable bonds is 4. The molecule has 4 nitrogen and oxygen atoms in total. The van der Waals surface area contributed by atoms with Gasteiger partial charge in [-0.1, -0.05) is 13.8 Å². The van der Waals surface area contributed by atoms with Crippen molar-refractivity contribution in [1.82, 2.24) is 0 Å². The molecule has 19 heavy (non-hydrogen) atoms. The second-order valence-corrected chi connectivity index (χ2v) is 4.74. The molecule has 0 aromatic heterocycles. The van der Waals surface area contributed by atoms with Crippen molar-refractivity contribution in [2.75, 3.05) is 11.4 Å². The molecular weight excluding hydrogens is 247 g/mol. The van der Waals surface area contributed by atoms with Crippen LogP contribution < -0.4 is 15.4 Å². The number of nitrogens with zero attached hydrogens (tertiary/aromatic N) is 1. The number of halogens is 1. The minimum Gasteiger partial charge on any atom is -0.478 e. The normalized spacial score (nSPS) is 19.9. The first-order valence-electron chi connectivity index (χ1n) is 6.60. The molecule has 0 fully saturated rings. The highest BCUT2D eigenvalue weighted by Gasteiger charge is 2.34. The van der Waals surface area contributed by atoms with Crippen LogP contribution in [0.3, 0.4) is 0 Å². The van der Waals surface area contributed by atoms with Crippen LogP contribution in [0.15, 0.2) is 18.2 Å². The van der Waals surface area contributed by atoms with Crippen molar-refractivity contribution in [3.8, 4) is 5.75 Å². The summed E-state index contributed by atoms with van der Waals surface area (Å²) in [6.07, 6.45) is 0.821. The molecule has 1 aromatic rings. The van der Waals surface area contributed by atoms with E-state index in [1.165, 1.54) is 12.1 Å². The molecule has 1 heterocycles. The molecule has 104 valence electrons. The van der Waals surface area contributed by atoms with E-state index in [1.807, 2.05) is 13.8 Å². The fourth-order valence-corrected chi connectivity index (χ4v) is 2.11. The summed E-state index contributed by atoms with van der Waals surface area (Å²) in [4.78, 5) is 13.9. The van der Waals surface area contributed by atoms with Gasteiger partial charge in [0, 0.05) is 18.7 Å². The number of hydrogen-bond acceptors (Lipinski definition) is 3. The topological polar surface area (TPSA) is 55.6 Å². The lowest BCUT2D eigenvalue weighted by molar-refractivity contribution is -0.126. The number of nitrogens with two attached hydrogens (primary N) is 1. The van der Waals surface area contributed by atoms with Gasteiger partial charge in [0.05, 0.1) is 5.69 Å². The fourth-order valence-electron chi connectivity index (χ4n) is 2.11. The van der Waals surface area contributed by atoms with Gasteiger partial charge >= 0.3 is 0 Å². The zero-order chi connectivity index (χ0) is 14.0. The Morgan fingerprint density at radius 3 is 2.84 bits per heavy atom. The molecule has 0 radical (unpaired) electrons. The van der Waals surface area contributed by atoms with Crippen molar-refractivity contribution >= 4 is 11.6 Å². The van der Waals surface area contributed by atoms with E-state index >= 15 is 0 Å². The standard InChI is InChI=1S/C14H19FN2O2/c1-3-10(16)8-17-11-7-9(15)5-6-13(11)19-12(4-2)14(17)18/h5-7,10,12H,3-4,8,16H2,1-2H3. The van der Waals surface area contributed by atoms with Crippen LogP contribution in [-0.4, -0.2) is 24.6 Å². The van der Waals surface area contributed by atoms with Crippen molar-refractivity contribution in [2.45, 2.75) is 38.8 Å². The molecule has 2 atom stereocenters. The third kappa shape index (κ3) is 2.71. The van der Waals surface area contributed by atoms with Crippen molar-refractivity contribution in [3.63, 3.8) is 0 Å². The molecule has 2 unspecified atom stereocenters. The predicted molar refractivity (Wildman–Crippen MR) is 71.7 cm³/mol. The Morgan fingerprint density at radius 1 is 1.47 bits per heavy atom. The summed E-state index contributed by atoms with van der Waals surface area (Å²) in [6, 6.07) is 4.08. The Hall–Kier alpha value is -1.62. The van der Waals surface area contributed by atoms with E-state index in [-0.39, 0.29) is 17.8 Å². The molecule has 1 aromatic carbocycles. The average molecular weight is 266 g/mol. The number of carbonyl (C=O) groups excluding carboxylic acids is 1. The summed E-state index contributed by atoms with van der Waals surface area (Å²) in [5.41, 5.74) is 6.39. The van der Waals surface area contributed by atoms with Gasteiger partial charge in [-0.2, -0.15) is 0 Å². The van der Waals surface area contributed by atoms with Gasteiger partial charge in [0.15, 0.2) is 6.10 Å². The minimum atomic E-state index is -0.512. The summed E-state index contributed by atoms with van der Waals surface area (Å²) in [5, 5.41) is 0. The number of fused-ring (bicyclic) bond motifs is 1. The summed E-state index contributed by atoms with van der Waals surface area (Å²) in [6.45, 7) is 4.22. The van der Waals surface area contributed by atoms with E-state index in [4.69, 9.17) is 10.5 Å². The van der Waals surface area contributed by atoms with Crippen LogP contribution in [0.2, 0.25) is 0 Å². The van der Waals surface area contributed by atoms with Crippen molar-refractivity contribution in [3.05, 3.63) is 24.0 Å². The van der Waals surface area contributed by atoms with E-state index in [2.05, 4.69) is 0 Å². The van der Waals surface area contributed by atoms with Crippen LogP contribution in [0, 0.1) is 5.82 Å². The van der Waals surface area contributed by atoms with E-state index in [0.717, 1.165) is 6.42 Å². The zero-order valence-electron chi connectivity index (χ0n) is 11.2. The summed E-state index contributed by atoms with van der Waals surface area (Å²) < 4.78 is 19.0. The van der Waals surface area contributed by atoms with Gasteiger partial charge in [-0.05, 0) is 25.0 Å². The molecule has 5 heteroatoms. The molecule has 0 saturated heterocycles. The van der Waals surface area contributed by atoms with Crippen LogP contribution >= 0.6 is 0 Å². The lowest BCUT2D eigenvalue weighted by Gasteiger charge is -2.35. The van der Waals surface area contributed by atoms with Gasteiger partial charge in [-0.25, -0.2) is 4.39 Å². The highest BCUT2D eigenvalue weighted by molar-refractivity contribution is 6.00. The number of benzene rings is 1. The van der Waals surface area contributed by atoms with Crippen LogP contribution in [-0.2, 0) is 4.79 Å². The first-order chi connectivity index (χ1) is 9.06. The third-order valence-electron chi connectivity index (χ3n) is 3.33. The van der Waals surface area contributed by atoms with Crippen molar-refractivity contribution in [2.24, 2.45) is 5.73 Å². The lowest BCUT2D eigenvalue weighted by atomic mass is 10.1. The second kappa shape index (κ2) is 5.57. The number of amides is 1. The number of carbonyl (C=O) groups is 1. The van der Waals surface area contributed by atoms with E-state index in [9.17, 15) is 9.18 Å². The number of hydrogen-bond donors (Lipinski definition) is 1. The summed E-state index contributed by atoms with van der Waals surface area (Å²) >= 11 is 0. The molecule has 0 spiro atoms. The van der Waals surface area contributed by atoms with Gasteiger partial charge in [-0.3, -0.25) is 4.79 Å². The molecule has 0 saturated carbocycles. The van der Waals surface area contributed by atoms with Crippen molar-refractivity contribution in [1.29, 1.82) is 0 Å². The molecule has 1 aliphatic rings. The molecule has 2 rings (SSSR count). The maximum Gasteiger partial charge on any atom is 0.268 e. The van der Waals surface area contributed by atoms with Gasteiger partial charge in [0.1, 0.15) is 11.6 Å². The number of ether oxygens (including phenoxy) is 1. The predicted octanol–water partition coefficient (Wildman–Crippen LogP) is 2.07. The summed E-state index contributed by atoms with van der Waals surface area (Å²) in [5.74, 6) is 0.000761. The van der Waals surface area contributed by atoms with Gasteiger partial charge in [0.2, 0.25) is 0 Å². The van der Waals surface area contributed by atoms with E-state index in [0.29, 0.717) is 24.4 Å². The van der Waals surface area contributed by atoms with Crippen LogP contribution in [0.25, 0.3) is 0 Å². The molecule has 1 aliphatic heterocycles. The quantitative estimate of drug-likeness (QED) is 0.907. The molecule has 0 bridgehead atoms. The van der Waals surface area contributed by atoms with Crippen LogP contribution in [0.5, 0.6) is 5.75 Å². The first-order valence-corrected chi connectivity index (χ1v) is 6.60. The molecule has 1 amide bonds. The fraction of sp³-hybridized carbons (Fsp3) is 0.500. The Balaban J connectivity index is 2.38. The van der Waals surface area contributed by atoms with Crippen LogP contribution in [0.4, 0.5) is 10.1 Å².